The lowest BCUT2D eigenvalue weighted by atomic mass is 10.0. The molecule has 0 aromatic heterocycles. The molecule has 1 saturated heterocycles. The fourth-order valence-corrected chi connectivity index (χ4v) is 3.19. The summed E-state index contributed by atoms with van der Waals surface area (Å²) in [6.45, 7) is 6.46. The molecule has 2 N–H and O–H groups in total. The van der Waals surface area contributed by atoms with Crippen LogP contribution < -0.4 is 10.6 Å². The molecular weight excluding hydrogens is 274 g/mol. The second kappa shape index (κ2) is 10.4. The van der Waals surface area contributed by atoms with E-state index in [1.54, 1.807) is 0 Å². The maximum absolute atomic E-state index is 11.7. The highest BCUT2D eigenvalue weighted by atomic mass is 35.5. The fraction of sp³-hybridized carbons (Fsp3) is 0.933. The Morgan fingerprint density at radius 1 is 1.20 bits per heavy atom. The zero-order valence-electron chi connectivity index (χ0n) is 12.5. The van der Waals surface area contributed by atoms with Crippen LogP contribution in [-0.2, 0) is 4.79 Å². The molecule has 1 aliphatic heterocycles. The summed E-state index contributed by atoms with van der Waals surface area (Å²) in [7, 11) is 0. The van der Waals surface area contributed by atoms with E-state index in [1.165, 1.54) is 25.7 Å². The van der Waals surface area contributed by atoms with Crippen LogP contribution in [0.25, 0.3) is 0 Å². The Morgan fingerprint density at radius 3 is 2.60 bits per heavy atom. The Hall–Kier alpha value is -0.320. The highest BCUT2D eigenvalue weighted by Gasteiger charge is 2.16. The summed E-state index contributed by atoms with van der Waals surface area (Å²) in [5.41, 5.74) is 0. The maximum atomic E-state index is 11.7. The van der Waals surface area contributed by atoms with Gasteiger partial charge in [0.15, 0.2) is 0 Å². The van der Waals surface area contributed by atoms with Crippen molar-refractivity contribution in [2.24, 2.45) is 5.92 Å². The number of nitrogens with one attached hydrogen (secondary N) is 2. The van der Waals surface area contributed by atoms with E-state index < -0.39 is 0 Å². The minimum atomic E-state index is 0. The third kappa shape index (κ3) is 6.91. The summed E-state index contributed by atoms with van der Waals surface area (Å²) < 4.78 is 0. The molecule has 0 unspecified atom stereocenters. The van der Waals surface area contributed by atoms with E-state index in [9.17, 15) is 4.79 Å². The van der Waals surface area contributed by atoms with E-state index in [1.807, 2.05) is 0 Å². The molecular formula is C15H30ClN3O. The fourth-order valence-electron chi connectivity index (χ4n) is 3.19. The third-order valence-electron chi connectivity index (χ3n) is 4.44. The lowest BCUT2D eigenvalue weighted by Crippen LogP contribution is -2.44. The van der Waals surface area contributed by atoms with Crippen molar-refractivity contribution < 1.29 is 4.79 Å². The molecule has 5 heteroatoms. The predicted octanol–water partition coefficient (Wildman–Crippen LogP) is 1.79. The molecule has 20 heavy (non-hydrogen) atoms. The number of hydrogen-bond acceptors (Lipinski definition) is 3. The lowest BCUT2D eigenvalue weighted by Gasteiger charge is -2.27. The molecule has 0 bridgehead atoms. The second-order valence-electron chi connectivity index (χ2n) is 5.98. The molecule has 0 radical (unpaired) electrons. The monoisotopic (exact) mass is 303 g/mol. The van der Waals surface area contributed by atoms with Gasteiger partial charge in [-0.25, -0.2) is 0 Å². The molecule has 0 aromatic carbocycles. The lowest BCUT2D eigenvalue weighted by molar-refractivity contribution is -0.121. The summed E-state index contributed by atoms with van der Waals surface area (Å²) in [6.07, 6.45) is 8.34. The average Bonchev–Trinajstić information content (AvgIpc) is 2.96. The molecule has 0 atom stereocenters. The van der Waals surface area contributed by atoms with Crippen LogP contribution >= 0.6 is 12.4 Å². The molecule has 2 rings (SSSR count). The number of rotatable bonds is 7. The first-order valence-corrected chi connectivity index (χ1v) is 8.04. The van der Waals surface area contributed by atoms with Crippen LogP contribution in [0.3, 0.4) is 0 Å². The number of piperazine rings is 1. The van der Waals surface area contributed by atoms with E-state index in [-0.39, 0.29) is 18.3 Å². The molecule has 0 aromatic rings. The molecule has 118 valence electrons. The van der Waals surface area contributed by atoms with Crippen LogP contribution in [0.15, 0.2) is 0 Å². The highest BCUT2D eigenvalue weighted by Crippen LogP contribution is 2.28. The van der Waals surface area contributed by atoms with Crippen LogP contribution in [0.1, 0.15) is 44.9 Å². The van der Waals surface area contributed by atoms with Gasteiger partial charge in [0.25, 0.3) is 0 Å². The Labute approximate surface area is 129 Å². The van der Waals surface area contributed by atoms with Crippen molar-refractivity contribution in [3.63, 3.8) is 0 Å². The average molecular weight is 304 g/mol. The normalized spacial score (nSPS) is 20.6. The molecule has 1 aliphatic carbocycles. The van der Waals surface area contributed by atoms with E-state index in [4.69, 9.17) is 0 Å². The van der Waals surface area contributed by atoms with E-state index in [0.29, 0.717) is 0 Å². The van der Waals surface area contributed by atoms with Gasteiger partial charge < -0.3 is 15.5 Å². The summed E-state index contributed by atoms with van der Waals surface area (Å²) in [5.74, 6) is 1.08. The minimum Gasteiger partial charge on any atom is -0.356 e. The van der Waals surface area contributed by atoms with E-state index in [0.717, 1.165) is 64.4 Å². The zero-order valence-corrected chi connectivity index (χ0v) is 13.3. The number of halogens is 1. The first-order valence-electron chi connectivity index (χ1n) is 8.04. The number of amides is 1. The Balaban J connectivity index is 0.00000200. The maximum Gasteiger partial charge on any atom is 0.220 e. The van der Waals surface area contributed by atoms with Gasteiger partial charge in [0.2, 0.25) is 5.91 Å². The Bertz CT molecular complexity index is 264. The molecule has 1 heterocycles. The first-order chi connectivity index (χ1) is 9.34. The molecule has 4 nitrogen and oxygen atoms in total. The number of hydrogen-bond donors (Lipinski definition) is 2. The van der Waals surface area contributed by atoms with Gasteiger partial charge >= 0.3 is 0 Å². The summed E-state index contributed by atoms with van der Waals surface area (Å²) in [4.78, 5) is 14.2. The highest BCUT2D eigenvalue weighted by molar-refractivity contribution is 5.85. The quantitative estimate of drug-likeness (QED) is 0.705. The predicted molar refractivity (Wildman–Crippen MR) is 85.4 cm³/mol. The molecule has 2 fully saturated rings. The molecule has 1 saturated carbocycles. The SMILES string of the molecule is Cl.O=C(CCC1CCCC1)NCCCN1CCNCC1. The number of nitrogens with zero attached hydrogens (tertiary/aromatic N) is 1. The van der Waals surface area contributed by atoms with Crippen molar-refractivity contribution in [1.82, 2.24) is 15.5 Å². The van der Waals surface area contributed by atoms with Crippen LogP contribution in [-0.4, -0.2) is 50.1 Å². The van der Waals surface area contributed by atoms with Crippen LogP contribution in [0.5, 0.6) is 0 Å². The smallest absolute Gasteiger partial charge is 0.220 e. The van der Waals surface area contributed by atoms with Crippen molar-refractivity contribution in [3.8, 4) is 0 Å². The Kier molecular flexibility index (Phi) is 9.23. The van der Waals surface area contributed by atoms with E-state index >= 15 is 0 Å². The number of carbonyl (C=O) groups excluding carboxylic acids is 1. The first kappa shape index (κ1) is 17.7. The van der Waals surface area contributed by atoms with Crippen molar-refractivity contribution in [2.45, 2.75) is 44.9 Å². The van der Waals surface area contributed by atoms with Crippen LogP contribution in [0, 0.1) is 5.92 Å². The van der Waals surface area contributed by atoms with Crippen LogP contribution in [0.4, 0.5) is 0 Å². The molecule has 2 aliphatic rings. The van der Waals surface area contributed by atoms with Gasteiger partial charge in [-0.05, 0) is 25.3 Å². The van der Waals surface area contributed by atoms with Crippen molar-refractivity contribution >= 4 is 18.3 Å². The van der Waals surface area contributed by atoms with Gasteiger partial charge in [-0.2, -0.15) is 0 Å². The second-order valence-corrected chi connectivity index (χ2v) is 5.98. The van der Waals surface area contributed by atoms with Crippen LogP contribution in [0.2, 0.25) is 0 Å². The van der Waals surface area contributed by atoms with Gasteiger partial charge in [0, 0.05) is 39.1 Å². The zero-order chi connectivity index (χ0) is 13.3. The standard InChI is InChI=1S/C15H29N3O.ClH/c19-15(7-6-14-4-1-2-5-14)17-8-3-11-18-12-9-16-10-13-18;/h14,16H,1-13H2,(H,17,19);1H. The van der Waals surface area contributed by atoms with E-state index in [2.05, 4.69) is 15.5 Å². The van der Waals surface area contributed by atoms with Crippen molar-refractivity contribution in [3.05, 3.63) is 0 Å². The summed E-state index contributed by atoms with van der Waals surface area (Å²) in [6, 6.07) is 0. The van der Waals surface area contributed by atoms with Gasteiger partial charge in [-0.1, -0.05) is 25.7 Å². The van der Waals surface area contributed by atoms with Gasteiger partial charge in [0.05, 0.1) is 0 Å². The largest absolute Gasteiger partial charge is 0.356 e. The topological polar surface area (TPSA) is 44.4 Å². The van der Waals surface area contributed by atoms with Gasteiger partial charge in [-0.3, -0.25) is 4.79 Å². The third-order valence-corrected chi connectivity index (χ3v) is 4.44. The van der Waals surface area contributed by atoms with Gasteiger partial charge in [0.1, 0.15) is 0 Å². The molecule has 1 amide bonds. The Morgan fingerprint density at radius 2 is 1.90 bits per heavy atom. The summed E-state index contributed by atoms with van der Waals surface area (Å²) in [5, 5.41) is 6.42. The minimum absolute atomic E-state index is 0. The number of carbonyl (C=O) groups is 1. The summed E-state index contributed by atoms with van der Waals surface area (Å²) >= 11 is 0. The van der Waals surface area contributed by atoms with Crippen molar-refractivity contribution in [1.29, 1.82) is 0 Å². The van der Waals surface area contributed by atoms with Crippen molar-refractivity contribution in [2.75, 3.05) is 39.3 Å². The molecule has 0 spiro atoms. The van der Waals surface area contributed by atoms with Gasteiger partial charge in [-0.15, -0.1) is 12.4 Å².